The molecule has 2 aliphatic heterocycles. The van der Waals surface area contributed by atoms with Crippen LogP contribution in [0.15, 0.2) is 11.0 Å². The molecule has 2 aromatic rings. The van der Waals surface area contributed by atoms with E-state index in [1.54, 1.807) is 0 Å². The number of H-pyrrole nitrogens is 1. The molecule has 9 nitrogen and oxygen atoms in total. The number of aromatic amines is 1. The van der Waals surface area contributed by atoms with Crippen molar-refractivity contribution in [2.24, 2.45) is 0 Å². The van der Waals surface area contributed by atoms with Crippen LogP contribution in [0.1, 0.15) is 29.5 Å². The van der Waals surface area contributed by atoms with Gasteiger partial charge in [0.05, 0.1) is 12.8 Å². The van der Waals surface area contributed by atoms with Crippen LogP contribution in [0.25, 0.3) is 5.95 Å². The molecule has 2 fully saturated rings. The summed E-state index contributed by atoms with van der Waals surface area (Å²) in [6.07, 6.45) is 3.20. The zero-order chi connectivity index (χ0) is 20.7. The van der Waals surface area contributed by atoms with E-state index in [-0.39, 0.29) is 17.2 Å². The third-order valence-electron chi connectivity index (χ3n) is 6.48. The molecule has 5 rings (SSSR count). The van der Waals surface area contributed by atoms with E-state index in [2.05, 4.69) is 37.2 Å². The van der Waals surface area contributed by atoms with Crippen LogP contribution in [0.2, 0.25) is 0 Å². The lowest BCUT2D eigenvalue weighted by atomic mass is 9.92. The minimum absolute atomic E-state index is 0.135. The molecule has 2 N–H and O–H groups in total. The molecule has 2 unspecified atom stereocenters. The summed E-state index contributed by atoms with van der Waals surface area (Å²) in [6.45, 7) is 5.90. The number of piperazine rings is 1. The molecule has 0 radical (unpaired) electrons. The highest BCUT2D eigenvalue weighted by Gasteiger charge is 2.31. The number of halogens is 1. The standard InChI is InChI=1S/C20H28FN7O2/c1-26-5-7-27(8-6-26)13-2-3-16-14(10-13)19(29)28(25-16)20-23-11-15(21)18(24-20)17-12-22-4-9-30-17/h11,13,17,22,25H,2-10,12H2,1H3. The van der Waals surface area contributed by atoms with Gasteiger partial charge in [-0.3, -0.25) is 14.8 Å². The maximum Gasteiger partial charge on any atom is 0.277 e. The quantitative estimate of drug-likeness (QED) is 0.718. The van der Waals surface area contributed by atoms with Crippen molar-refractivity contribution in [1.82, 2.24) is 34.9 Å². The molecule has 2 aromatic heterocycles. The molecule has 10 heteroatoms. The van der Waals surface area contributed by atoms with E-state index < -0.39 is 11.9 Å². The number of ether oxygens (including phenoxy) is 1. The molecule has 2 atom stereocenters. The zero-order valence-electron chi connectivity index (χ0n) is 17.2. The molecule has 0 saturated carbocycles. The van der Waals surface area contributed by atoms with Crippen LogP contribution in [0, 0.1) is 5.82 Å². The van der Waals surface area contributed by atoms with Crippen molar-refractivity contribution in [3.63, 3.8) is 0 Å². The Morgan fingerprint density at radius 2 is 2.10 bits per heavy atom. The van der Waals surface area contributed by atoms with Crippen LogP contribution in [-0.4, -0.2) is 88.5 Å². The summed E-state index contributed by atoms with van der Waals surface area (Å²) in [4.78, 5) is 26.4. The van der Waals surface area contributed by atoms with E-state index in [4.69, 9.17) is 4.74 Å². The Morgan fingerprint density at radius 3 is 2.87 bits per heavy atom. The first-order valence-corrected chi connectivity index (χ1v) is 10.7. The number of fused-ring (bicyclic) bond motifs is 1. The number of aromatic nitrogens is 4. The van der Waals surface area contributed by atoms with Gasteiger partial charge >= 0.3 is 0 Å². The number of aryl methyl sites for hydroxylation is 1. The summed E-state index contributed by atoms with van der Waals surface area (Å²) in [5.41, 5.74) is 1.79. The number of likely N-dealkylation sites (N-methyl/N-ethyl adjacent to an activating group) is 1. The predicted molar refractivity (Wildman–Crippen MR) is 108 cm³/mol. The van der Waals surface area contributed by atoms with E-state index in [9.17, 15) is 9.18 Å². The van der Waals surface area contributed by atoms with Crippen LogP contribution in [0.5, 0.6) is 0 Å². The largest absolute Gasteiger partial charge is 0.369 e. The van der Waals surface area contributed by atoms with Crippen molar-refractivity contribution in [2.45, 2.75) is 31.4 Å². The van der Waals surface area contributed by atoms with E-state index in [0.29, 0.717) is 19.2 Å². The second-order valence-corrected chi connectivity index (χ2v) is 8.41. The lowest BCUT2D eigenvalue weighted by Gasteiger charge is -2.39. The van der Waals surface area contributed by atoms with Gasteiger partial charge in [0.2, 0.25) is 0 Å². The van der Waals surface area contributed by atoms with Gasteiger partial charge in [-0.25, -0.2) is 14.4 Å². The average molecular weight is 417 g/mol. The molecule has 2 saturated heterocycles. The van der Waals surface area contributed by atoms with E-state index in [0.717, 1.165) is 69.4 Å². The fourth-order valence-electron chi connectivity index (χ4n) is 4.67. The normalized spacial score (nSPS) is 25.9. The topological polar surface area (TPSA) is 91.3 Å². The Morgan fingerprint density at radius 1 is 1.27 bits per heavy atom. The molecule has 3 aliphatic rings. The number of nitrogens with one attached hydrogen (secondary N) is 2. The van der Waals surface area contributed by atoms with Crippen molar-refractivity contribution < 1.29 is 9.13 Å². The summed E-state index contributed by atoms with van der Waals surface area (Å²) in [5.74, 6) is -0.358. The van der Waals surface area contributed by atoms with Crippen LogP contribution in [-0.2, 0) is 17.6 Å². The highest BCUT2D eigenvalue weighted by atomic mass is 19.1. The molecule has 0 amide bonds. The number of nitrogens with zero attached hydrogens (tertiary/aromatic N) is 5. The number of hydrogen-bond donors (Lipinski definition) is 2. The SMILES string of the molecule is CN1CCN(C2CCc3[nH]n(-c4ncc(F)c(C5CNCCO5)n4)c(=O)c3C2)CC1. The summed E-state index contributed by atoms with van der Waals surface area (Å²) < 4.78 is 21.3. The van der Waals surface area contributed by atoms with Crippen molar-refractivity contribution >= 4 is 0 Å². The smallest absolute Gasteiger partial charge is 0.277 e. The fourth-order valence-corrected chi connectivity index (χ4v) is 4.67. The van der Waals surface area contributed by atoms with Crippen LogP contribution in [0.3, 0.4) is 0 Å². The maximum atomic E-state index is 14.3. The first-order valence-electron chi connectivity index (χ1n) is 10.7. The van der Waals surface area contributed by atoms with Gasteiger partial charge in [-0.1, -0.05) is 0 Å². The first-order chi connectivity index (χ1) is 14.6. The van der Waals surface area contributed by atoms with Crippen molar-refractivity contribution in [3.05, 3.63) is 39.3 Å². The van der Waals surface area contributed by atoms with Gasteiger partial charge in [-0.15, -0.1) is 0 Å². The second-order valence-electron chi connectivity index (χ2n) is 8.41. The number of hydrogen-bond acceptors (Lipinski definition) is 7. The summed E-state index contributed by atoms with van der Waals surface area (Å²) in [5, 5.41) is 6.35. The van der Waals surface area contributed by atoms with E-state index in [1.165, 1.54) is 4.68 Å². The summed E-state index contributed by atoms with van der Waals surface area (Å²) in [7, 11) is 2.15. The Balaban J connectivity index is 1.40. The molecule has 30 heavy (non-hydrogen) atoms. The Kier molecular flexibility index (Phi) is 5.40. The average Bonchev–Trinajstić information content (AvgIpc) is 3.11. The minimum Gasteiger partial charge on any atom is -0.369 e. The van der Waals surface area contributed by atoms with E-state index >= 15 is 0 Å². The Hall–Kier alpha value is -2.14. The lowest BCUT2D eigenvalue weighted by Crippen LogP contribution is -2.50. The van der Waals surface area contributed by atoms with Gasteiger partial charge in [0.15, 0.2) is 5.82 Å². The molecule has 1 aliphatic carbocycles. The van der Waals surface area contributed by atoms with Gasteiger partial charge in [0.25, 0.3) is 11.5 Å². The highest BCUT2D eigenvalue weighted by Crippen LogP contribution is 2.24. The molecule has 4 heterocycles. The maximum absolute atomic E-state index is 14.3. The lowest BCUT2D eigenvalue weighted by molar-refractivity contribution is 0.0225. The second kappa shape index (κ2) is 8.18. The first kappa shape index (κ1) is 19.8. The predicted octanol–water partition coefficient (Wildman–Crippen LogP) is -0.140. The van der Waals surface area contributed by atoms with Crippen LogP contribution < -0.4 is 10.9 Å². The van der Waals surface area contributed by atoms with Crippen molar-refractivity contribution in [1.29, 1.82) is 0 Å². The van der Waals surface area contributed by atoms with Crippen LogP contribution >= 0.6 is 0 Å². The Bertz CT molecular complexity index is 961. The molecular formula is C20H28FN7O2. The molecule has 0 spiro atoms. The van der Waals surface area contributed by atoms with E-state index in [1.807, 2.05) is 0 Å². The minimum atomic E-state index is -0.521. The van der Waals surface area contributed by atoms with Crippen LogP contribution in [0.4, 0.5) is 4.39 Å². The molecule has 162 valence electrons. The fraction of sp³-hybridized carbons (Fsp3) is 0.650. The molecule has 0 bridgehead atoms. The molecular weight excluding hydrogens is 389 g/mol. The van der Waals surface area contributed by atoms with Gasteiger partial charge in [-0.2, -0.15) is 4.68 Å². The third kappa shape index (κ3) is 3.68. The van der Waals surface area contributed by atoms with Crippen molar-refractivity contribution in [3.8, 4) is 5.95 Å². The molecule has 0 aromatic carbocycles. The van der Waals surface area contributed by atoms with Gasteiger partial charge < -0.3 is 15.0 Å². The third-order valence-corrected chi connectivity index (χ3v) is 6.48. The Labute approximate surface area is 174 Å². The van der Waals surface area contributed by atoms with Crippen molar-refractivity contribution in [2.75, 3.05) is 52.9 Å². The monoisotopic (exact) mass is 417 g/mol. The number of rotatable bonds is 3. The van der Waals surface area contributed by atoms with Gasteiger partial charge in [-0.05, 0) is 26.3 Å². The summed E-state index contributed by atoms with van der Waals surface area (Å²) in [6, 6.07) is 0.384. The van der Waals surface area contributed by atoms with Gasteiger partial charge in [0, 0.05) is 56.6 Å². The summed E-state index contributed by atoms with van der Waals surface area (Å²) >= 11 is 0. The van der Waals surface area contributed by atoms with Gasteiger partial charge in [0.1, 0.15) is 11.8 Å². The zero-order valence-corrected chi connectivity index (χ0v) is 17.2. The number of morpholine rings is 1. The highest BCUT2D eigenvalue weighted by molar-refractivity contribution is 5.27.